The van der Waals surface area contributed by atoms with Crippen molar-refractivity contribution in [2.75, 3.05) is 7.11 Å². The van der Waals surface area contributed by atoms with Crippen LogP contribution in [-0.4, -0.2) is 23.3 Å². The summed E-state index contributed by atoms with van der Waals surface area (Å²) in [6.07, 6.45) is 1.85. The van der Waals surface area contributed by atoms with Crippen molar-refractivity contribution in [3.63, 3.8) is 0 Å². The van der Waals surface area contributed by atoms with E-state index in [9.17, 15) is 9.50 Å². The Balaban J connectivity index is 2.51. The molecule has 0 fully saturated rings. The Labute approximate surface area is 92.9 Å². The van der Waals surface area contributed by atoms with Crippen LogP contribution in [0.4, 0.5) is 4.39 Å². The van der Waals surface area contributed by atoms with Crippen LogP contribution in [0.5, 0.6) is 5.75 Å². The van der Waals surface area contributed by atoms with Crippen molar-refractivity contribution in [1.29, 1.82) is 0 Å². The summed E-state index contributed by atoms with van der Waals surface area (Å²) in [5.74, 6) is -0.167. The van der Waals surface area contributed by atoms with Crippen LogP contribution >= 0.6 is 0 Å². The first-order chi connectivity index (χ1) is 7.61. The van der Waals surface area contributed by atoms with E-state index < -0.39 is 6.10 Å². The standard InChI is InChI=1S/C12H14FNO2/c1-7(15)3-8-6-14-11-5-12(16-2)10(13)4-9(8)11/h4-7,14-15H,3H2,1-2H3. The summed E-state index contributed by atoms with van der Waals surface area (Å²) in [5, 5.41) is 10.1. The van der Waals surface area contributed by atoms with Crippen LogP contribution in [0.2, 0.25) is 0 Å². The normalized spacial score (nSPS) is 13.0. The predicted octanol–water partition coefficient (Wildman–Crippen LogP) is 2.24. The van der Waals surface area contributed by atoms with Crippen LogP contribution in [-0.2, 0) is 6.42 Å². The zero-order valence-electron chi connectivity index (χ0n) is 9.25. The van der Waals surface area contributed by atoms with Crippen molar-refractivity contribution < 1.29 is 14.2 Å². The van der Waals surface area contributed by atoms with Crippen molar-refractivity contribution >= 4 is 10.9 Å². The highest BCUT2D eigenvalue weighted by molar-refractivity contribution is 5.84. The van der Waals surface area contributed by atoms with Crippen molar-refractivity contribution in [3.8, 4) is 5.75 Å². The number of aliphatic hydroxyl groups is 1. The molecule has 3 nitrogen and oxygen atoms in total. The molecule has 2 aromatic rings. The topological polar surface area (TPSA) is 45.2 Å². The average Bonchev–Trinajstić information content (AvgIpc) is 2.59. The molecule has 1 atom stereocenters. The van der Waals surface area contributed by atoms with Crippen molar-refractivity contribution in [2.24, 2.45) is 0 Å². The van der Waals surface area contributed by atoms with Gasteiger partial charge < -0.3 is 14.8 Å². The molecule has 0 aliphatic heterocycles. The maximum Gasteiger partial charge on any atom is 0.165 e. The summed E-state index contributed by atoms with van der Waals surface area (Å²) in [5.41, 5.74) is 1.72. The van der Waals surface area contributed by atoms with E-state index in [-0.39, 0.29) is 11.6 Å². The first kappa shape index (κ1) is 11.0. The molecule has 0 spiro atoms. The van der Waals surface area contributed by atoms with Gasteiger partial charge in [-0.3, -0.25) is 0 Å². The Morgan fingerprint density at radius 1 is 1.50 bits per heavy atom. The van der Waals surface area contributed by atoms with Gasteiger partial charge in [-0.15, -0.1) is 0 Å². The second-order valence-corrected chi connectivity index (χ2v) is 3.90. The van der Waals surface area contributed by atoms with Gasteiger partial charge in [0.05, 0.1) is 13.2 Å². The highest BCUT2D eigenvalue weighted by atomic mass is 19.1. The Bertz CT molecular complexity index is 505. The molecule has 0 amide bonds. The lowest BCUT2D eigenvalue weighted by Gasteiger charge is -2.04. The molecule has 16 heavy (non-hydrogen) atoms. The number of halogens is 1. The smallest absolute Gasteiger partial charge is 0.165 e. The van der Waals surface area contributed by atoms with Gasteiger partial charge in [0, 0.05) is 29.6 Å². The third kappa shape index (κ3) is 1.88. The SMILES string of the molecule is COc1cc2[nH]cc(CC(C)O)c2cc1F. The summed E-state index contributed by atoms with van der Waals surface area (Å²) in [6.45, 7) is 1.71. The highest BCUT2D eigenvalue weighted by Gasteiger charge is 2.10. The van der Waals surface area contributed by atoms with Gasteiger partial charge in [0.2, 0.25) is 0 Å². The number of nitrogens with one attached hydrogen (secondary N) is 1. The molecule has 0 radical (unpaired) electrons. The molecule has 1 aromatic carbocycles. The molecule has 2 rings (SSSR count). The summed E-state index contributed by atoms with van der Waals surface area (Å²) >= 11 is 0. The van der Waals surface area contributed by atoms with Crippen LogP contribution in [0.1, 0.15) is 12.5 Å². The van der Waals surface area contributed by atoms with Crippen LogP contribution in [0.3, 0.4) is 0 Å². The monoisotopic (exact) mass is 223 g/mol. The van der Waals surface area contributed by atoms with Crippen LogP contribution < -0.4 is 4.74 Å². The number of hydrogen-bond acceptors (Lipinski definition) is 2. The van der Waals surface area contributed by atoms with E-state index in [1.54, 1.807) is 19.2 Å². The minimum absolute atomic E-state index is 0.220. The Hall–Kier alpha value is -1.55. The minimum Gasteiger partial charge on any atom is -0.494 e. The van der Waals surface area contributed by atoms with E-state index >= 15 is 0 Å². The summed E-state index contributed by atoms with van der Waals surface area (Å²) < 4.78 is 18.4. The van der Waals surface area contributed by atoms with Gasteiger partial charge in [-0.1, -0.05) is 0 Å². The van der Waals surface area contributed by atoms with E-state index in [1.807, 2.05) is 0 Å². The lowest BCUT2D eigenvalue weighted by Crippen LogP contribution is -2.03. The first-order valence-corrected chi connectivity index (χ1v) is 5.13. The van der Waals surface area contributed by atoms with Gasteiger partial charge in [-0.2, -0.15) is 0 Å². The predicted molar refractivity (Wildman–Crippen MR) is 60.2 cm³/mol. The summed E-state index contributed by atoms with van der Waals surface area (Å²) in [4.78, 5) is 3.04. The fourth-order valence-corrected chi connectivity index (χ4v) is 1.82. The maximum absolute atomic E-state index is 13.5. The highest BCUT2D eigenvalue weighted by Crippen LogP contribution is 2.27. The lowest BCUT2D eigenvalue weighted by molar-refractivity contribution is 0.196. The summed E-state index contributed by atoms with van der Waals surface area (Å²) in [6, 6.07) is 3.05. The second kappa shape index (κ2) is 4.14. The van der Waals surface area contributed by atoms with Gasteiger partial charge in [0.1, 0.15) is 0 Å². The van der Waals surface area contributed by atoms with Gasteiger partial charge in [0.25, 0.3) is 0 Å². The zero-order chi connectivity index (χ0) is 11.7. The van der Waals surface area contributed by atoms with E-state index in [0.29, 0.717) is 6.42 Å². The number of ether oxygens (including phenoxy) is 1. The molecule has 0 aliphatic carbocycles. The minimum atomic E-state index is -0.441. The number of aromatic amines is 1. The molecule has 1 heterocycles. The molecule has 0 aliphatic rings. The molecular formula is C12H14FNO2. The number of methoxy groups -OCH3 is 1. The Morgan fingerprint density at radius 3 is 2.88 bits per heavy atom. The molecule has 2 N–H and O–H groups in total. The van der Waals surface area contributed by atoms with Crippen molar-refractivity contribution in [1.82, 2.24) is 4.98 Å². The fraction of sp³-hybridized carbons (Fsp3) is 0.333. The molecule has 4 heteroatoms. The lowest BCUT2D eigenvalue weighted by atomic mass is 10.1. The molecule has 0 saturated heterocycles. The van der Waals surface area contributed by atoms with Crippen LogP contribution in [0.25, 0.3) is 10.9 Å². The number of rotatable bonds is 3. The van der Waals surface area contributed by atoms with Gasteiger partial charge in [-0.05, 0) is 18.6 Å². The third-order valence-corrected chi connectivity index (χ3v) is 2.56. The van der Waals surface area contributed by atoms with E-state index in [1.165, 1.54) is 13.2 Å². The molecule has 1 aromatic heterocycles. The number of H-pyrrole nitrogens is 1. The molecule has 0 saturated carbocycles. The Kier molecular flexibility index (Phi) is 2.83. The van der Waals surface area contributed by atoms with Crippen LogP contribution in [0.15, 0.2) is 18.3 Å². The van der Waals surface area contributed by atoms with Gasteiger partial charge in [0.15, 0.2) is 11.6 Å². The number of aromatic nitrogens is 1. The molecule has 1 unspecified atom stereocenters. The van der Waals surface area contributed by atoms with Crippen LogP contribution in [0, 0.1) is 5.82 Å². The molecule has 0 bridgehead atoms. The van der Waals surface area contributed by atoms with Crippen molar-refractivity contribution in [3.05, 3.63) is 29.7 Å². The number of fused-ring (bicyclic) bond motifs is 1. The molecular weight excluding hydrogens is 209 g/mol. The Morgan fingerprint density at radius 2 is 2.25 bits per heavy atom. The number of hydrogen-bond donors (Lipinski definition) is 2. The van der Waals surface area contributed by atoms with E-state index in [4.69, 9.17) is 4.74 Å². The zero-order valence-corrected chi connectivity index (χ0v) is 9.25. The maximum atomic E-state index is 13.5. The van der Waals surface area contributed by atoms with Crippen molar-refractivity contribution in [2.45, 2.75) is 19.4 Å². The fourth-order valence-electron chi connectivity index (χ4n) is 1.82. The third-order valence-electron chi connectivity index (χ3n) is 2.56. The van der Waals surface area contributed by atoms with E-state index in [0.717, 1.165) is 16.5 Å². The average molecular weight is 223 g/mol. The summed E-state index contributed by atoms with van der Waals surface area (Å²) in [7, 11) is 1.43. The molecule has 86 valence electrons. The number of benzene rings is 1. The second-order valence-electron chi connectivity index (χ2n) is 3.90. The first-order valence-electron chi connectivity index (χ1n) is 5.13. The van der Waals surface area contributed by atoms with Gasteiger partial charge >= 0.3 is 0 Å². The number of aliphatic hydroxyl groups excluding tert-OH is 1. The largest absolute Gasteiger partial charge is 0.494 e. The van der Waals surface area contributed by atoms with E-state index in [2.05, 4.69) is 4.98 Å². The quantitative estimate of drug-likeness (QED) is 0.838. The van der Waals surface area contributed by atoms with Gasteiger partial charge in [-0.25, -0.2) is 4.39 Å².